The molecule has 0 bridgehead atoms. The van der Waals surface area contributed by atoms with Crippen LogP contribution in [-0.2, 0) is 35.6 Å². The molecule has 0 aliphatic heterocycles. The van der Waals surface area contributed by atoms with E-state index in [9.17, 15) is 64.5 Å². The van der Waals surface area contributed by atoms with Gasteiger partial charge in [0.15, 0.2) is 0 Å². The van der Waals surface area contributed by atoms with Crippen LogP contribution in [-0.4, -0.2) is 233 Å². The second-order valence-corrected chi connectivity index (χ2v) is 26.6. The van der Waals surface area contributed by atoms with Crippen LogP contribution in [0, 0.1) is 29.6 Å². The van der Waals surface area contributed by atoms with Crippen molar-refractivity contribution in [2.75, 3.05) is 42.4 Å². The summed E-state index contributed by atoms with van der Waals surface area (Å²) in [6.45, 7) is 10.3. The molecule has 6 heterocycles. The number of ether oxygens (including phenoxy) is 2. The van der Waals surface area contributed by atoms with E-state index in [2.05, 4.69) is 119 Å². The van der Waals surface area contributed by atoms with E-state index in [1.54, 1.807) is 25.1 Å². The first-order valence-electron chi connectivity index (χ1n) is 33.4. The summed E-state index contributed by atoms with van der Waals surface area (Å²) in [5, 5.41) is 77.0. The number of hydrogen-bond acceptors (Lipinski definition) is 28. The number of alkyl halides is 7. The summed E-state index contributed by atoms with van der Waals surface area (Å²) < 4.78 is 120. The van der Waals surface area contributed by atoms with E-state index in [4.69, 9.17) is 48.2 Å². The van der Waals surface area contributed by atoms with Crippen LogP contribution in [0.25, 0.3) is 0 Å². The number of rotatable bonds is 23. The van der Waals surface area contributed by atoms with Gasteiger partial charge in [0, 0.05) is 86.4 Å². The number of hydrogen-bond donors (Lipinski definition) is 10. The number of aliphatic hydroxyl groups excluding tert-OH is 4. The summed E-state index contributed by atoms with van der Waals surface area (Å²) in [7, 11) is -7.31. The minimum atomic E-state index is -4.91. The molecule has 6 aromatic heterocycles. The van der Waals surface area contributed by atoms with Crippen LogP contribution >= 0.6 is 47.4 Å². The number of aromatic nitrogens is 12. The average molecular weight is 1770 g/mol. The predicted octanol–water partition coefficient (Wildman–Crippen LogP) is 4.47. The van der Waals surface area contributed by atoms with Crippen LogP contribution in [0.2, 0.25) is 10.0 Å². The van der Waals surface area contributed by atoms with E-state index in [1.165, 1.54) is 154 Å². The third-order valence-corrected chi connectivity index (χ3v) is 17.8. The molecule has 0 spiro atoms. The van der Waals surface area contributed by atoms with Gasteiger partial charge < -0.3 is 56.0 Å². The summed E-state index contributed by atoms with van der Waals surface area (Å²) in [5.41, 5.74) is 2.84. The van der Waals surface area contributed by atoms with Crippen molar-refractivity contribution in [3.63, 3.8) is 0 Å². The Morgan fingerprint density at radius 3 is 1.45 bits per heavy atom. The molecule has 0 radical (unpaired) electrons. The third-order valence-electron chi connectivity index (χ3n) is 15.9. The Balaban J connectivity index is 0.000000380. The van der Waals surface area contributed by atoms with Crippen LogP contribution < -0.4 is 92.1 Å². The number of carbonyl (C=O) groups is 3. The van der Waals surface area contributed by atoms with E-state index in [0.717, 1.165) is 31.7 Å². The molecule has 110 heavy (non-hydrogen) atoms. The number of aliphatic hydroxyl groups is 4. The van der Waals surface area contributed by atoms with Gasteiger partial charge in [-0.15, -0.1) is 26.3 Å². The molecule has 11 rings (SSSR count). The fourth-order valence-electron chi connectivity index (χ4n) is 11.0. The molecule has 8 aromatic rings. The van der Waals surface area contributed by atoms with Gasteiger partial charge >= 0.3 is 146 Å². The zero-order valence-corrected chi connectivity index (χ0v) is 74.7. The van der Waals surface area contributed by atoms with Gasteiger partial charge in [-0.2, -0.15) is 23.7 Å². The maximum atomic E-state index is 13.2. The zero-order valence-electron chi connectivity index (χ0n) is 60.6. The van der Waals surface area contributed by atoms with Crippen molar-refractivity contribution in [3.05, 3.63) is 166 Å². The Labute approximate surface area is 735 Å². The van der Waals surface area contributed by atoms with Gasteiger partial charge in [0.1, 0.15) is 65.0 Å². The van der Waals surface area contributed by atoms with Gasteiger partial charge in [0.25, 0.3) is 0 Å². The molecule has 1 unspecified atom stereocenters. The molecule has 32 nitrogen and oxygen atoms in total. The Bertz CT molecular complexity index is 4120. The van der Waals surface area contributed by atoms with Crippen molar-refractivity contribution in [2.24, 2.45) is 34.7 Å². The Hall–Kier alpha value is -3.44. The zero-order chi connectivity index (χ0) is 81.2. The van der Waals surface area contributed by atoms with Crippen molar-refractivity contribution in [1.82, 2.24) is 60.1 Å². The molecule has 46 heteroatoms. The molecule has 3 saturated carbocycles. The summed E-state index contributed by atoms with van der Waals surface area (Å²) in [6.07, 6.45) is 6.68. The Morgan fingerprint density at radius 1 is 0.691 bits per heavy atom. The fourth-order valence-corrected chi connectivity index (χ4v) is 12.1. The third kappa shape index (κ3) is 35.2. The average Bonchev–Trinajstić information content (AvgIpc) is 1.68. The van der Waals surface area contributed by atoms with Gasteiger partial charge in [-0.3, -0.25) is 33.4 Å². The number of carbonyl (C=O) groups excluding carboxylic acids is 3. The number of aromatic amines is 2. The Kier molecular flexibility index (Phi) is 47.3. The number of halogens is 9. The summed E-state index contributed by atoms with van der Waals surface area (Å²) in [4.78, 5) is 71.3. The molecule has 2 aromatic carbocycles. The molecule has 586 valence electrons. The van der Waals surface area contributed by atoms with Gasteiger partial charge in [-0.25, -0.2) is 39.7 Å². The molecule has 3 aliphatic carbocycles. The Morgan fingerprint density at radius 2 is 1.08 bits per heavy atom. The van der Waals surface area contributed by atoms with Crippen molar-refractivity contribution < 1.29 is 154 Å². The summed E-state index contributed by atoms with van der Waals surface area (Å²) >= 11 is 16.9. The molecule has 0 saturated heterocycles. The first-order chi connectivity index (χ1) is 51.7. The van der Waals surface area contributed by atoms with Crippen LogP contribution in [0.3, 0.4) is 0 Å². The van der Waals surface area contributed by atoms with Crippen LogP contribution in [0.1, 0.15) is 132 Å². The molecule has 11 N–H and O–H groups in total. The number of nitrogens with zero attached hydrogens (tertiary/aromatic N) is 10. The van der Waals surface area contributed by atoms with E-state index in [1.807, 2.05) is 13.8 Å². The normalized spacial score (nSPS) is 19.0. The number of H-pyrrole nitrogens is 2. The van der Waals surface area contributed by atoms with Crippen LogP contribution in [0.5, 0.6) is 11.5 Å². The molecule has 10 atom stereocenters. The van der Waals surface area contributed by atoms with Gasteiger partial charge in [-0.1, -0.05) is 79.0 Å². The molecule has 3 fully saturated rings. The standard InChI is InChI=1S/C22H22ClF3N6O6S.2C15H19N5O2.C8H5BrClF3O.C2H6O.C2H6.3K.HO4P/c23-16-2-1-12(5-19(16)38-22(24,25)26)9-32-4-3-17(31-32)20(34)15-8-28-11-29-21(15)30-14-6-13(18(33)7-14)10-37-39(27,35)36;2*1-9-4-11(5-10(9)7-21)19-15-12(6-16-8-17-15)14(22)13-2-3-18-20-13;9-4-5-1-2-6(10)7(3-5)14-8(11,12)13;1-2-3;1-2;;;;1-4-5(2)3/h1-5,8,11,13-14,18,33H,6-7,9-10H2,(H2,27,35,36)(H,28,29,30);2*2-3,6,8-11,21H,4-5,7H2,1H3,(H,18,20)(H,16,17,19);1-3H,4H2;3H,2H2,1H3;1-2H3;;;;1H/q;;;;;;;;+1;/p-1/t13-,14-,18+;2*9-,10+,11-;;;;;;;/m100......./s1. The topological polar surface area (TPSA) is 481 Å². The van der Waals surface area contributed by atoms with E-state index < -0.39 is 54.8 Å². The van der Waals surface area contributed by atoms with Crippen molar-refractivity contribution >= 4 is 156 Å². The number of nitrogens with one attached hydrogen (secondary N) is 5. The second kappa shape index (κ2) is 51.6. The molecule has 3 aliphatic rings. The monoisotopic (exact) mass is 1770 g/mol. The summed E-state index contributed by atoms with van der Waals surface area (Å²) in [6, 6.07) is 12.8. The van der Waals surface area contributed by atoms with E-state index in [0.29, 0.717) is 80.7 Å². The van der Waals surface area contributed by atoms with Crippen LogP contribution in [0.4, 0.5) is 43.8 Å². The quantitative estimate of drug-likeness (QED) is 0.00803. The van der Waals surface area contributed by atoms with Gasteiger partial charge in [0.2, 0.25) is 17.3 Å². The first kappa shape index (κ1) is 101. The summed E-state index contributed by atoms with van der Waals surface area (Å²) in [5.74, 6) is 0.403. The predicted molar refractivity (Wildman–Crippen MR) is 386 cm³/mol. The molecular formula is C64H77BrCl2F6K3N16O16PS. The SMILES string of the molecule is CC.CCO.C[C@H]1C[C@H](Nc2ncncc2C(=O)c2ccn[nH]2)C[C@@H]1CO.C[C@H]1C[C@H](Nc2ncncc2C(=O)c2ccn[nH]2)C[C@@H]1CO.FC(F)(F)Oc1cc(CBr)ccc1Cl.NS(=O)(=O)OC[C@H]1C[C@@H](Nc2ncncc2C(=O)c2ccn(Cc3ccc(Cl)c(OC(F)(F)F)c3)n2)C[C@@H]1O.O=[P+]([O-])O[O-].[K+].[K][K]. The maximum absolute atomic E-state index is 13.2. The first-order valence-corrected chi connectivity index (χ1v) is 53.8. The van der Waals surface area contributed by atoms with E-state index >= 15 is 0 Å². The molecular weight excluding hydrogens is 1690 g/mol. The number of ketones is 3. The van der Waals surface area contributed by atoms with Crippen molar-refractivity contribution in [3.8, 4) is 11.5 Å². The van der Waals surface area contributed by atoms with Crippen LogP contribution in [0.15, 0.2) is 111 Å². The van der Waals surface area contributed by atoms with Gasteiger partial charge in [-0.05, 0) is 127 Å². The van der Waals surface area contributed by atoms with E-state index in [-0.39, 0.29) is 153 Å². The minimum absolute atomic E-state index is 0. The van der Waals surface area contributed by atoms with Gasteiger partial charge in [0.05, 0.1) is 46.0 Å². The number of anilines is 3. The fraction of sp³-hybridized carbons (Fsp3) is 0.438. The second-order valence-electron chi connectivity index (χ2n) is 23.4. The number of nitrogens with two attached hydrogens (primary N) is 1. The van der Waals surface area contributed by atoms with Crippen molar-refractivity contribution in [1.29, 1.82) is 0 Å². The molecule has 0 amide bonds. The number of benzene rings is 2. The van der Waals surface area contributed by atoms with Crippen molar-refractivity contribution in [2.45, 2.75) is 122 Å².